The molecule has 1 rings (SSSR count). The van der Waals surface area contributed by atoms with Gasteiger partial charge in [-0.2, -0.15) is 5.10 Å². The lowest BCUT2D eigenvalue weighted by Crippen LogP contribution is -2.30. The Labute approximate surface area is 162 Å². The van der Waals surface area contributed by atoms with Gasteiger partial charge in [-0.3, -0.25) is 4.57 Å². The van der Waals surface area contributed by atoms with E-state index in [0.717, 1.165) is 0 Å². The monoisotopic (exact) mass is 405 g/mol. The fourth-order valence-electron chi connectivity index (χ4n) is 1.95. The molecule has 2 N–H and O–H groups in total. The summed E-state index contributed by atoms with van der Waals surface area (Å²) in [7, 11) is 0. The first-order valence-corrected chi connectivity index (χ1v) is 9.50. The van der Waals surface area contributed by atoms with Gasteiger partial charge in [-0.1, -0.05) is 11.3 Å². The van der Waals surface area contributed by atoms with Gasteiger partial charge in [0, 0.05) is 13.2 Å². The Bertz CT molecular complexity index is 685. The van der Waals surface area contributed by atoms with Gasteiger partial charge in [-0.25, -0.2) is 10.2 Å². The summed E-state index contributed by atoms with van der Waals surface area (Å²) in [5.74, 6) is -0.0448. The molecule has 0 unspecified atom stereocenters. The van der Waals surface area contributed by atoms with Crippen molar-refractivity contribution in [1.29, 1.82) is 0 Å². The minimum Gasteiger partial charge on any atom is -0.493 e. The maximum atomic E-state index is 11.7. The highest BCUT2D eigenvalue weighted by atomic mass is 32.1. The van der Waals surface area contributed by atoms with Crippen LogP contribution in [0.25, 0.3) is 0 Å². The van der Waals surface area contributed by atoms with Gasteiger partial charge in [-0.05, 0) is 53.8 Å². The van der Waals surface area contributed by atoms with Gasteiger partial charge in [0.2, 0.25) is 5.88 Å². The van der Waals surface area contributed by atoms with Crippen LogP contribution in [0.15, 0.2) is 5.10 Å². The normalized spacial score (nSPS) is 12.5. The first kappa shape index (κ1) is 22.6. The van der Waals surface area contributed by atoms with Crippen molar-refractivity contribution in [1.82, 2.24) is 9.99 Å². The molecule has 10 heteroatoms. The van der Waals surface area contributed by atoms with E-state index in [0.29, 0.717) is 27.8 Å². The number of nitrogens with one attached hydrogen (secondary N) is 1. The van der Waals surface area contributed by atoms with E-state index in [1.54, 1.807) is 27.7 Å². The van der Waals surface area contributed by atoms with E-state index in [-0.39, 0.29) is 12.4 Å². The summed E-state index contributed by atoms with van der Waals surface area (Å²) < 4.78 is 18.1. The Morgan fingerprint density at radius 3 is 2.42 bits per heavy atom. The van der Waals surface area contributed by atoms with Crippen LogP contribution in [-0.2, 0) is 20.8 Å². The SMILES string of the molecule is CCOC(Cn1c(O)c(/C(C)=N/NC(=O)OC(C)(C)C)sc1=S)OCC. The standard InChI is InChI=1S/C16H27N3O5S2/c1-7-22-11(23-8-2)9-19-13(20)12(26-15(19)25)10(3)17-18-14(21)24-16(4,5)6/h11,20H,7-9H2,1-6H3,(H,18,21)/b17-10+. The van der Waals surface area contributed by atoms with Crippen LogP contribution in [-0.4, -0.2) is 46.6 Å². The lowest BCUT2D eigenvalue weighted by molar-refractivity contribution is -0.144. The molecule has 148 valence electrons. The zero-order chi connectivity index (χ0) is 19.9. The molecule has 0 aliphatic rings. The number of hydrogen-bond acceptors (Lipinski definition) is 8. The van der Waals surface area contributed by atoms with Gasteiger partial charge < -0.3 is 19.3 Å². The summed E-state index contributed by atoms with van der Waals surface area (Å²) in [5.41, 5.74) is 2.09. The molecule has 0 bridgehead atoms. The summed E-state index contributed by atoms with van der Waals surface area (Å²) in [6.07, 6.45) is -1.19. The molecule has 0 radical (unpaired) electrons. The molecule has 1 amide bonds. The van der Waals surface area contributed by atoms with Gasteiger partial charge >= 0.3 is 6.09 Å². The number of rotatable bonds is 8. The first-order valence-electron chi connectivity index (χ1n) is 8.28. The highest BCUT2D eigenvalue weighted by molar-refractivity contribution is 7.73. The molecule has 1 aromatic heterocycles. The minimum absolute atomic E-state index is 0.0448. The van der Waals surface area contributed by atoms with Crippen LogP contribution < -0.4 is 5.43 Å². The average Bonchev–Trinajstić information content (AvgIpc) is 2.79. The van der Waals surface area contributed by atoms with Crippen molar-refractivity contribution in [2.75, 3.05) is 13.2 Å². The fraction of sp³-hybridized carbons (Fsp3) is 0.688. The highest BCUT2D eigenvalue weighted by Gasteiger charge is 2.19. The number of carbonyl (C=O) groups is 1. The van der Waals surface area contributed by atoms with Crippen LogP contribution in [0.1, 0.15) is 46.4 Å². The second kappa shape index (κ2) is 10.0. The lowest BCUT2D eigenvalue weighted by atomic mass is 10.2. The second-order valence-electron chi connectivity index (χ2n) is 6.28. The van der Waals surface area contributed by atoms with Crippen molar-refractivity contribution >= 4 is 35.4 Å². The molecule has 0 aliphatic carbocycles. The van der Waals surface area contributed by atoms with Crippen LogP contribution in [0.3, 0.4) is 0 Å². The third kappa shape index (κ3) is 7.02. The molecule has 0 saturated carbocycles. The third-order valence-electron chi connectivity index (χ3n) is 2.95. The van der Waals surface area contributed by atoms with Crippen molar-refractivity contribution < 1.29 is 24.1 Å². The van der Waals surface area contributed by atoms with Gasteiger partial charge in [0.1, 0.15) is 10.5 Å². The van der Waals surface area contributed by atoms with Crippen LogP contribution >= 0.6 is 23.6 Å². The van der Waals surface area contributed by atoms with Crippen LogP contribution in [0.4, 0.5) is 4.79 Å². The van der Waals surface area contributed by atoms with Crippen molar-refractivity contribution in [3.63, 3.8) is 0 Å². The smallest absolute Gasteiger partial charge is 0.428 e. The maximum Gasteiger partial charge on any atom is 0.428 e. The first-order chi connectivity index (χ1) is 12.1. The van der Waals surface area contributed by atoms with E-state index in [1.165, 1.54) is 15.9 Å². The van der Waals surface area contributed by atoms with Gasteiger partial charge in [-0.15, -0.1) is 0 Å². The summed E-state index contributed by atoms with van der Waals surface area (Å²) in [6.45, 7) is 11.9. The van der Waals surface area contributed by atoms with Crippen LogP contribution in [0.5, 0.6) is 5.88 Å². The van der Waals surface area contributed by atoms with Crippen LogP contribution in [0.2, 0.25) is 0 Å². The van der Waals surface area contributed by atoms with Crippen LogP contribution in [0, 0.1) is 3.95 Å². The van der Waals surface area contributed by atoms with E-state index in [9.17, 15) is 9.90 Å². The third-order valence-corrected chi connectivity index (χ3v) is 4.50. The van der Waals surface area contributed by atoms with Gasteiger partial charge in [0.05, 0.1) is 12.3 Å². The molecule has 0 aromatic carbocycles. The predicted octanol–water partition coefficient (Wildman–Crippen LogP) is 3.63. The van der Waals surface area contributed by atoms with Crippen molar-refractivity contribution in [3.8, 4) is 5.88 Å². The van der Waals surface area contributed by atoms with E-state index >= 15 is 0 Å². The fourth-order valence-corrected chi connectivity index (χ4v) is 3.20. The Balaban J connectivity index is 2.93. The summed E-state index contributed by atoms with van der Waals surface area (Å²) in [6, 6.07) is 0. The molecule has 0 spiro atoms. The Morgan fingerprint density at radius 2 is 1.92 bits per heavy atom. The molecule has 8 nitrogen and oxygen atoms in total. The number of aromatic nitrogens is 1. The molecule has 0 saturated heterocycles. The number of hydrazone groups is 1. The summed E-state index contributed by atoms with van der Waals surface area (Å²) in [5, 5.41) is 14.5. The Morgan fingerprint density at radius 1 is 1.35 bits per heavy atom. The summed E-state index contributed by atoms with van der Waals surface area (Å²) in [4.78, 5) is 12.1. The predicted molar refractivity (Wildman–Crippen MR) is 103 cm³/mol. The molecule has 1 aromatic rings. The molecule has 0 aliphatic heterocycles. The van der Waals surface area contributed by atoms with Crippen molar-refractivity contribution in [3.05, 3.63) is 8.83 Å². The molecular formula is C16H27N3O5S2. The number of thiazole rings is 1. The minimum atomic E-state index is -0.674. The van der Waals surface area contributed by atoms with E-state index in [4.69, 9.17) is 26.4 Å². The zero-order valence-electron chi connectivity index (χ0n) is 16.0. The van der Waals surface area contributed by atoms with E-state index in [1.807, 2.05) is 13.8 Å². The lowest BCUT2D eigenvalue weighted by Gasteiger charge is -2.18. The maximum absolute atomic E-state index is 11.7. The number of amides is 1. The van der Waals surface area contributed by atoms with E-state index < -0.39 is 18.0 Å². The quantitative estimate of drug-likeness (QED) is 0.297. The summed E-state index contributed by atoms with van der Waals surface area (Å²) >= 11 is 6.50. The Hall–Kier alpha value is -1.49. The molecule has 0 atom stereocenters. The molecule has 26 heavy (non-hydrogen) atoms. The number of carbonyl (C=O) groups excluding carboxylic acids is 1. The topological polar surface area (TPSA) is 94.3 Å². The Kier molecular flexibility index (Phi) is 8.68. The number of nitrogens with zero attached hydrogens (tertiary/aromatic N) is 2. The number of ether oxygens (including phenoxy) is 3. The second-order valence-corrected chi connectivity index (χ2v) is 7.93. The average molecular weight is 406 g/mol. The van der Waals surface area contributed by atoms with Gasteiger partial charge in [0.25, 0.3) is 0 Å². The molecule has 1 heterocycles. The molecule has 0 fully saturated rings. The van der Waals surface area contributed by atoms with Crippen molar-refractivity contribution in [2.45, 2.75) is 60.0 Å². The van der Waals surface area contributed by atoms with Gasteiger partial charge in [0.15, 0.2) is 10.2 Å². The molecular weight excluding hydrogens is 378 g/mol. The highest BCUT2D eigenvalue weighted by Crippen LogP contribution is 2.27. The zero-order valence-corrected chi connectivity index (χ0v) is 17.6. The van der Waals surface area contributed by atoms with E-state index in [2.05, 4.69) is 10.5 Å². The number of aromatic hydroxyl groups is 1. The van der Waals surface area contributed by atoms with Crippen molar-refractivity contribution in [2.24, 2.45) is 5.10 Å². The number of hydrogen-bond donors (Lipinski definition) is 2. The largest absolute Gasteiger partial charge is 0.493 e.